The molecule has 1 aliphatic carbocycles. The van der Waals surface area contributed by atoms with Crippen molar-refractivity contribution in [3.63, 3.8) is 0 Å². The molecule has 100 valence electrons. The van der Waals surface area contributed by atoms with Gasteiger partial charge in [-0.2, -0.15) is 0 Å². The predicted molar refractivity (Wildman–Crippen MR) is 70.9 cm³/mol. The molecule has 1 atom stereocenters. The van der Waals surface area contributed by atoms with Gasteiger partial charge in [-0.25, -0.2) is 8.42 Å². The molecular weight excluding hydrogens is 234 g/mol. The van der Waals surface area contributed by atoms with E-state index in [-0.39, 0.29) is 5.25 Å². The summed E-state index contributed by atoms with van der Waals surface area (Å²) in [5, 5.41) is -0.104. The van der Waals surface area contributed by atoms with Crippen molar-refractivity contribution in [3.05, 3.63) is 0 Å². The molecule has 0 bridgehead atoms. The highest BCUT2D eigenvalue weighted by Crippen LogP contribution is 2.26. The first-order valence-electron chi connectivity index (χ1n) is 7.00. The highest BCUT2D eigenvalue weighted by molar-refractivity contribution is 7.91. The van der Waals surface area contributed by atoms with E-state index in [1.165, 1.54) is 51.2 Å². The van der Waals surface area contributed by atoms with Gasteiger partial charge in [0.15, 0.2) is 9.84 Å². The summed E-state index contributed by atoms with van der Waals surface area (Å²) in [5.74, 6) is 0. The topological polar surface area (TPSA) is 37.4 Å². The third-order valence-corrected chi connectivity index (χ3v) is 5.97. The average molecular weight is 259 g/mol. The minimum Gasteiger partial charge on any atom is -0.299 e. The van der Waals surface area contributed by atoms with E-state index in [4.69, 9.17) is 0 Å². The van der Waals surface area contributed by atoms with Crippen molar-refractivity contribution in [3.8, 4) is 0 Å². The van der Waals surface area contributed by atoms with Crippen molar-refractivity contribution < 1.29 is 8.42 Å². The van der Waals surface area contributed by atoms with Crippen molar-refractivity contribution >= 4 is 9.84 Å². The monoisotopic (exact) mass is 259 g/mol. The molecule has 4 heteroatoms. The van der Waals surface area contributed by atoms with Crippen LogP contribution in [0.15, 0.2) is 0 Å². The normalized spacial score (nSPS) is 30.1. The van der Waals surface area contributed by atoms with E-state index in [1.807, 2.05) is 0 Å². The van der Waals surface area contributed by atoms with E-state index in [0.717, 1.165) is 19.5 Å². The van der Waals surface area contributed by atoms with Gasteiger partial charge in [0.05, 0.1) is 5.25 Å². The summed E-state index contributed by atoms with van der Waals surface area (Å²) < 4.78 is 23.1. The lowest BCUT2D eigenvalue weighted by atomic mass is 9.96. The molecule has 0 N–H and O–H groups in total. The van der Waals surface area contributed by atoms with Crippen LogP contribution in [0.25, 0.3) is 0 Å². The summed E-state index contributed by atoms with van der Waals surface area (Å²) in [6.45, 7) is 1.77. The van der Waals surface area contributed by atoms with Crippen LogP contribution in [-0.2, 0) is 9.84 Å². The Morgan fingerprint density at radius 2 is 1.53 bits per heavy atom. The molecular formula is C13H25NO2S. The van der Waals surface area contributed by atoms with E-state index in [0.29, 0.717) is 6.04 Å². The number of hydrogen-bond donors (Lipinski definition) is 0. The molecule has 2 rings (SSSR count). The summed E-state index contributed by atoms with van der Waals surface area (Å²) in [4.78, 5) is 2.44. The molecule has 0 spiro atoms. The Bertz CT molecular complexity index is 331. The molecule has 1 saturated heterocycles. The molecule has 0 aromatic rings. The number of rotatable bonds is 2. The van der Waals surface area contributed by atoms with Crippen LogP contribution < -0.4 is 0 Å². The van der Waals surface area contributed by atoms with Crippen LogP contribution in [0.4, 0.5) is 0 Å². The Labute approximate surface area is 105 Å². The second kappa shape index (κ2) is 5.70. The number of nitrogens with zero attached hydrogens (tertiary/aromatic N) is 1. The van der Waals surface area contributed by atoms with E-state index >= 15 is 0 Å². The maximum Gasteiger partial charge on any atom is 0.151 e. The summed E-state index contributed by atoms with van der Waals surface area (Å²) >= 11 is 0. The molecule has 0 aromatic carbocycles. The molecule has 1 aliphatic heterocycles. The van der Waals surface area contributed by atoms with E-state index in [9.17, 15) is 8.42 Å². The van der Waals surface area contributed by atoms with Gasteiger partial charge in [-0.3, -0.25) is 4.90 Å². The highest BCUT2D eigenvalue weighted by atomic mass is 32.2. The number of sulfone groups is 1. The van der Waals surface area contributed by atoms with Crippen LogP contribution in [0.5, 0.6) is 0 Å². The maximum absolute atomic E-state index is 11.6. The molecule has 1 unspecified atom stereocenters. The van der Waals surface area contributed by atoms with Gasteiger partial charge >= 0.3 is 0 Å². The molecule has 2 fully saturated rings. The Balaban J connectivity index is 1.90. The van der Waals surface area contributed by atoms with E-state index in [2.05, 4.69) is 4.90 Å². The molecule has 3 nitrogen and oxygen atoms in total. The lowest BCUT2D eigenvalue weighted by molar-refractivity contribution is 0.203. The van der Waals surface area contributed by atoms with Crippen molar-refractivity contribution in [2.45, 2.75) is 62.7 Å². The standard InChI is InChI=1S/C13H25NO2S/c1-17(15,16)13-9-10-14(11-13)12-7-5-3-2-4-6-8-12/h12-13H,2-11H2,1H3. The van der Waals surface area contributed by atoms with Crippen LogP contribution >= 0.6 is 0 Å². The first-order valence-corrected chi connectivity index (χ1v) is 8.96. The van der Waals surface area contributed by atoms with Gasteiger partial charge in [-0.05, 0) is 25.8 Å². The summed E-state index contributed by atoms with van der Waals surface area (Å²) in [6.07, 6.45) is 11.5. The minimum atomic E-state index is -2.83. The summed E-state index contributed by atoms with van der Waals surface area (Å²) in [7, 11) is -2.83. The molecule has 2 aliphatic rings. The molecule has 1 saturated carbocycles. The maximum atomic E-state index is 11.6. The molecule has 0 aromatic heterocycles. The Kier molecular flexibility index (Phi) is 4.47. The highest BCUT2D eigenvalue weighted by Gasteiger charge is 2.33. The third-order valence-electron chi connectivity index (χ3n) is 4.37. The molecule has 0 amide bonds. The molecule has 17 heavy (non-hydrogen) atoms. The zero-order valence-electron chi connectivity index (χ0n) is 10.9. The van der Waals surface area contributed by atoms with Crippen molar-refractivity contribution in [1.29, 1.82) is 0 Å². The third kappa shape index (κ3) is 3.68. The zero-order valence-corrected chi connectivity index (χ0v) is 11.7. The van der Waals surface area contributed by atoms with Gasteiger partial charge in [0.1, 0.15) is 0 Å². The second-order valence-electron chi connectivity index (χ2n) is 5.73. The van der Waals surface area contributed by atoms with Gasteiger partial charge < -0.3 is 0 Å². The predicted octanol–water partition coefficient (Wildman–Crippen LogP) is 2.22. The molecule has 1 heterocycles. The van der Waals surface area contributed by atoms with E-state index < -0.39 is 9.84 Å². The van der Waals surface area contributed by atoms with Crippen molar-refractivity contribution in [2.75, 3.05) is 19.3 Å². The summed E-state index contributed by atoms with van der Waals surface area (Å²) in [6, 6.07) is 0.655. The van der Waals surface area contributed by atoms with Gasteiger partial charge in [-0.15, -0.1) is 0 Å². The molecule has 0 radical (unpaired) electrons. The van der Waals surface area contributed by atoms with Gasteiger partial charge in [0.2, 0.25) is 0 Å². The van der Waals surface area contributed by atoms with Crippen LogP contribution in [0.3, 0.4) is 0 Å². The fourth-order valence-electron chi connectivity index (χ4n) is 3.23. The second-order valence-corrected chi connectivity index (χ2v) is 8.06. The first kappa shape index (κ1) is 13.3. The Hall–Kier alpha value is -0.0900. The van der Waals surface area contributed by atoms with Crippen LogP contribution in [0, 0.1) is 0 Å². The first-order chi connectivity index (χ1) is 8.07. The Morgan fingerprint density at radius 1 is 0.941 bits per heavy atom. The number of hydrogen-bond acceptors (Lipinski definition) is 3. The quantitative estimate of drug-likeness (QED) is 0.763. The van der Waals surface area contributed by atoms with Crippen LogP contribution in [0.1, 0.15) is 51.4 Å². The Morgan fingerprint density at radius 3 is 2.06 bits per heavy atom. The van der Waals surface area contributed by atoms with Gasteiger partial charge in [0.25, 0.3) is 0 Å². The van der Waals surface area contributed by atoms with Crippen molar-refractivity contribution in [1.82, 2.24) is 4.90 Å². The fourth-order valence-corrected chi connectivity index (χ4v) is 4.23. The van der Waals surface area contributed by atoms with Gasteiger partial charge in [-0.1, -0.05) is 32.1 Å². The summed E-state index contributed by atoms with van der Waals surface area (Å²) in [5.41, 5.74) is 0. The minimum absolute atomic E-state index is 0.104. The van der Waals surface area contributed by atoms with Crippen molar-refractivity contribution in [2.24, 2.45) is 0 Å². The fraction of sp³-hybridized carbons (Fsp3) is 1.00. The van der Waals surface area contributed by atoms with Gasteiger partial charge in [0, 0.05) is 18.8 Å². The van der Waals surface area contributed by atoms with Crippen LogP contribution in [-0.4, -0.2) is 44.0 Å². The SMILES string of the molecule is CS(=O)(=O)C1CCN(C2CCCCCCC2)C1. The number of likely N-dealkylation sites (tertiary alicyclic amines) is 1. The zero-order chi connectivity index (χ0) is 12.3. The lowest BCUT2D eigenvalue weighted by Crippen LogP contribution is -2.35. The average Bonchev–Trinajstić information content (AvgIpc) is 2.65. The largest absolute Gasteiger partial charge is 0.299 e. The lowest BCUT2D eigenvalue weighted by Gasteiger charge is -2.29. The smallest absolute Gasteiger partial charge is 0.151 e. The van der Waals surface area contributed by atoms with Crippen LogP contribution in [0.2, 0.25) is 0 Å². The van der Waals surface area contributed by atoms with E-state index in [1.54, 1.807) is 0 Å².